The molecule has 3 rings (SSSR count). The Morgan fingerprint density at radius 1 is 1.37 bits per heavy atom. The predicted molar refractivity (Wildman–Crippen MR) is 80.5 cm³/mol. The Morgan fingerprint density at radius 2 is 2.21 bits per heavy atom. The van der Waals surface area contributed by atoms with E-state index < -0.39 is 0 Å². The van der Waals surface area contributed by atoms with Crippen molar-refractivity contribution in [2.45, 2.75) is 10.8 Å². The number of rotatable bonds is 2. The van der Waals surface area contributed by atoms with Gasteiger partial charge < -0.3 is 5.32 Å². The number of carbonyl (C=O) groups is 1. The number of nitrogens with one attached hydrogen (secondary N) is 1. The van der Waals surface area contributed by atoms with Crippen LogP contribution in [0, 0.1) is 0 Å². The van der Waals surface area contributed by atoms with E-state index in [-0.39, 0.29) is 11.8 Å². The van der Waals surface area contributed by atoms with Gasteiger partial charge in [-0.15, -0.1) is 11.8 Å². The van der Waals surface area contributed by atoms with Gasteiger partial charge in [0.2, 0.25) is 5.91 Å². The van der Waals surface area contributed by atoms with Crippen molar-refractivity contribution in [3.63, 3.8) is 0 Å². The fourth-order valence-electron chi connectivity index (χ4n) is 2.07. The quantitative estimate of drug-likeness (QED) is 0.910. The van der Waals surface area contributed by atoms with Crippen LogP contribution in [0.25, 0.3) is 0 Å². The van der Waals surface area contributed by atoms with Crippen molar-refractivity contribution >= 4 is 39.4 Å². The van der Waals surface area contributed by atoms with Crippen molar-refractivity contribution in [1.29, 1.82) is 0 Å². The number of benzene rings is 1. The molecular formula is C14H11BrN2OS. The van der Waals surface area contributed by atoms with E-state index in [0.717, 1.165) is 15.8 Å². The van der Waals surface area contributed by atoms with Crippen molar-refractivity contribution in [3.8, 4) is 0 Å². The van der Waals surface area contributed by atoms with E-state index in [4.69, 9.17) is 0 Å². The highest BCUT2D eigenvalue weighted by Gasteiger charge is 2.29. The van der Waals surface area contributed by atoms with Crippen LogP contribution < -0.4 is 5.32 Å². The van der Waals surface area contributed by atoms with Gasteiger partial charge >= 0.3 is 0 Å². The number of anilines is 1. The second-order valence-electron chi connectivity index (χ2n) is 4.25. The molecule has 3 nitrogen and oxygen atoms in total. The van der Waals surface area contributed by atoms with E-state index in [9.17, 15) is 4.79 Å². The van der Waals surface area contributed by atoms with Gasteiger partial charge in [-0.1, -0.05) is 34.1 Å². The maximum atomic E-state index is 12.3. The average Bonchev–Trinajstić information content (AvgIpc) is 2.82. The molecule has 1 aromatic carbocycles. The summed E-state index contributed by atoms with van der Waals surface area (Å²) in [5, 5.41) is 2.87. The molecule has 1 amide bonds. The first kappa shape index (κ1) is 12.7. The van der Waals surface area contributed by atoms with Crippen LogP contribution in [0.4, 0.5) is 5.82 Å². The van der Waals surface area contributed by atoms with E-state index in [1.54, 1.807) is 24.0 Å². The maximum Gasteiger partial charge on any atom is 0.233 e. The fourth-order valence-corrected chi connectivity index (χ4v) is 3.63. The molecule has 0 spiro atoms. The van der Waals surface area contributed by atoms with Crippen LogP contribution in [-0.4, -0.2) is 16.6 Å². The number of nitrogens with zero attached hydrogens (tertiary/aromatic N) is 1. The van der Waals surface area contributed by atoms with Gasteiger partial charge in [0, 0.05) is 21.3 Å². The average molecular weight is 335 g/mol. The number of halogens is 1. The Hall–Kier alpha value is -1.33. The number of thioether (sulfide) groups is 1. The van der Waals surface area contributed by atoms with Crippen molar-refractivity contribution in [3.05, 3.63) is 52.6 Å². The normalized spacial score (nSPS) is 17.0. The molecule has 1 aliphatic heterocycles. The van der Waals surface area contributed by atoms with Gasteiger partial charge in [0.1, 0.15) is 5.82 Å². The van der Waals surface area contributed by atoms with Crippen LogP contribution in [0.5, 0.6) is 0 Å². The molecule has 5 heteroatoms. The molecule has 1 aromatic heterocycles. The Bertz CT molecular complexity index is 632. The number of aromatic nitrogens is 1. The number of carbonyl (C=O) groups excluding carboxylic acids is 1. The summed E-state index contributed by atoms with van der Waals surface area (Å²) in [5.41, 5.74) is 1.11. The third kappa shape index (κ3) is 2.67. The van der Waals surface area contributed by atoms with E-state index in [1.165, 1.54) is 4.90 Å². The summed E-state index contributed by atoms with van der Waals surface area (Å²) in [6.07, 6.45) is 1.66. The van der Waals surface area contributed by atoms with E-state index in [1.807, 2.05) is 24.3 Å². The number of pyridine rings is 1. The van der Waals surface area contributed by atoms with Crippen LogP contribution in [-0.2, 0) is 4.79 Å². The summed E-state index contributed by atoms with van der Waals surface area (Å²) in [7, 11) is 0. The smallest absolute Gasteiger partial charge is 0.233 e. The minimum atomic E-state index is -0.0954. The Balaban J connectivity index is 1.79. The number of amides is 1. The third-order valence-corrected chi connectivity index (χ3v) is 4.67. The number of fused-ring (bicyclic) bond motifs is 1. The maximum absolute atomic E-state index is 12.3. The Kier molecular flexibility index (Phi) is 3.57. The molecule has 0 aliphatic carbocycles. The van der Waals surface area contributed by atoms with E-state index >= 15 is 0 Å². The second-order valence-corrected chi connectivity index (χ2v) is 6.23. The zero-order chi connectivity index (χ0) is 13.2. The van der Waals surface area contributed by atoms with Crippen LogP contribution in [0.1, 0.15) is 11.5 Å². The first-order chi connectivity index (χ1) is 9.24. The van der Waals surface area contributed by atoms with Crippen LogP contribution >= 0.6 is 27.7 Å². The van der Waals surface area contributed by atoms with Crippen molar-refractivity contribution in [2.75, 3.05) is 11.1 Å². The van der Waals surface area contributed by atoms with E-state index in [0.29, 0.717) is 5.82 Å². The molecule has 1 unspecified atom stereocenters. The molecule has 0 saturated carbocycles. The van der Waals surface area contributed by atoms with E-state index in [2.05, 4.69) is 32.3 Å². The largest absolute Gasteiger partial charge is 0.310 e. The lowest BCUT2D eigenvalue weighted by molar-refractivity contribution is -0.117. The fraction of sp³-hybridized carbons (Fsp3) is 0.143. The molecule has 2 aromatic rings. The number of hydrogen-bond donors (Lipinski definition) is 1. The summed E-state index contributed by atoms with van der Waals surface area (Å²) in [6.45, 7) is 0. The minimum absolute atomic E-state index is 0.00282. The van der Waals surface area contributed by atoms with Gasteiger partial charge in [-0.05, 0) is 23.8 Å². The summed E-state index contributed by atoms with van der Waals surface area (Å²) >= 11 is 5.09. The highest BCUT2D eigenvalue weighted by Crippen LogP contribution is 2.39. The second kappa shape index (κ2) is 5.35. The van der Waals surface area contributed by atoms with Crippen molar-refractivity contribution in [2.24, 2.45) is 0 Å². The van der Waals surface area contributed by atoms with Gasteiger partial charge in [0.25, 0.3) is 0 Å². The molecule has 96 valence electrons. The van der Waals surface area contributed by atoms with Crippen molar-refractivity contribution < 1.29 is 4.79 Å². The lowest BCUT2D eigenvalue weighted by Crippen LogP contribution is -2.21. The highest BCUT2D eigenvalue weighted by atomic mass is 79.9. The predicted octanol–water partition coefficient (Wildman–Crippen LogP) is 3.67. The molecule has 0 saturated heterocycles. The molecule has 0 radical (unpaired) electrons. The zero-order valence-corrected chi connectivity index (χ0v) is 12.4. The van der Waals surface area contributed by atoms with Gasteiger partial charge in [0.15, 0.2) is 0 Å². The Labute approximate surface area is 123 Å². The molecular weight excluding hydrogens is 324 g/mol. The number of hydrogen-bond acceptors (Lipinski definition) is 3. The molecule has 2 heterocycles. The first-order valence-electron chi connectivity index (χ1n) is 5.88. The molecule has 1 N–H and O–H groups in total. The summed E-state index contributed by atoms with van der Waals surface area (Å²) < 4.78 is 0.902. The lowest BCUT2D eigenvalue weighted by atomic mass is 10.0. The third-order valence-electron chi connectivity index (χ3n) is 2.99. The van der Waals surface area contributed by atoms with Gasteiger partial charge in [-0.2, -0.15) is 0 Å². The molecule has 1 atom stereocenters. The molecule has 1 aliphatic rings. The van der Waals surface area contributed by atoms with Crippen LogP contribution in [0.15, 0.2) is 52.0 Å². The zero-order valence-electron chi connectivity index (χ0n) is 9.97. The topological polar surface area (TPSA) is 42.0 Å². The lowest BCUT2D eigenvalue weighted by Gasteiger charge is -2.11. The molecule has 19 heavy (non-hydrogen) atoms. The highest BCUT2D eigenvalue weighted by molar-refractivity contribution is 9.10. The van der Waals surface area contributed by atoms with Gasteiger partial charge in [-0.25, -0.2) is 4.98 Å². The molecule has 0 fully saturated rings. The van der Waals surface area contributed by atoms with Gasteiger partial charge in [-0.3, -0.25) is 4.79 Å². The van der Waals surface area contributed by atoms with Crippen LogP contribution in [0.3, 0.4) is 0 Å². The summed E-state index contributed by atoms with van der Waals surface area (Å²) in [5.74, 6) is 1.28. The molecule has 0 bridgehead atoms. The first-order valence-corrected chi connectivity index (χ1v) is 7.66. The van der Waals surface area contributed by atoms with Crippen LogP contribution in [0.2, 0.25) is 0 Å². The summed E-state index contributed by atoms with van der Waals surface area (Å²) in [6, 6.07) is 11.7. The Morgan fingerprint density at radius 3 is 3.05 bits per heavy atom. The monoisotopic (exact) mass is 334 g/mol. The standard InChI is InChI=1S/C14H11BrN2OS/c15-9-5-6-16-13(7-9)17-14(18)11-8-19-12-4-2-1-3-10(11)12/h1-7,11H,8H2,(H,16,17,18). The minimum Gasteiger partial charge on any atom is -0.310 e. The van der Waals surface area contributed by atoms with Crippen molar-refractivity contribution in [1.82, 2.24) is 4.98 Å². The SMILES string of the molecule is O=C(Nc1cc(Br)ccn1)C1CSc2ccccc21. The van der Waals surface area contributed by atoms with Gasteiger partial charge in [0.05, 0.1) is 5.92 Å². The summed E-state index contributed by atoms with van der Waals surface area (Å²) in [4.78, 5) is 17.6.